The fourth-order valence-corrected chi connectivity index (χ4v) is 2.42. The first kappa shape index (κ1) is 14.3. The number of carboxylic acid groups (broad SMARTS) is 1. The molecule has 0 spiro atoms. The van der Waals surface area contributed by atoms with E-state index in [1.165, 1.54) is 4.90 Å². The van der Waals surface area contributed by atoms with Gasteiger partial charge in [-0.25, -0.2) is 9.48 Å². The molecule has 1 aromatic heterocycles. The Labute approximate surface area is 126 Å². The van der Waals surface area contributed by atoms with Crippen molar-refractivity contribution in [1.82, 2.24) is 14.7 Å². The average Bonchev–Trinajstić information content (AvgIpc) is 3.08. The molecule has 1 fully saturated rings. The number of nitrogens with zero attached hydrogens (tertiary/aromatic N) is 3. The smallest absolute Gasteiger partial charge is 0.334 e. The van der Waals surface area contributed by atoms with Crippen LogP contribution in [0.2, 0.25) is 0 Å². The van der Waals surface area contributed by atoms with Crippen LogP contribution in [0, 0.1) is 0 Å². The van der Waals surface area contributed by atoms with Gasteiger partial charge in [-0.2, -0.15) is 5.10 Å². The summed E-state index contributed by atoms with van der Waals surface area (Å²) in [6.45, 7) is 0.629. The van der Waals surface area contributed by atoms with Crippen LogP contribution in [0.1, 0.15) is 10.4 Å². The highest BCUT2D eigenvalue weighted by atomic mass is 16.5. The fourth-order valence-electron chi connectivity index (χ4n) is 2.42. The molecule has 0 bridgehead atoms. The van der Waals surface area contributed by atoms with Crippen LogP contribution < -0.4 is 0 Å². The molecule has 1 aliphatic heterocycles. The zero-order valence-corrected chi connectivity index (χ0v) is 11.8. The van der Waals surface area contributed by atoms with Crippen molar-refractivity contribution in [2.24, 2.45) is 0 Å². The van der Waals surface area contributed by atoms with Gasteiger partial charge in [0.2, 0.25) is 0 Å². The Morgan fingerprint density at radius 1 is 1.27 bits per heavy atom. The highest BCUT2D eigenvalue weighted by Gasteiger charge is 2.30. The molecule has 1 atom stereocenters. The molecular weight excluding hydrogens is 286 g/mol. The van der Waals surface area contributed by atoms with Crippen LogP contribution in [0.3, 0.4) is 0 Å². The first-order valence-corrected chi connectivity index (χ1v) is 6.89. The largest absolute Gasteiger partial charge is 0.479 e. The second kappa shape index (κ2) is 5.98. The summed E-state index contributed by atoms with van der Waals surface area (Å²) in [6, 6.07) is 8.89. The molecule has 1 amide bonds. The number of hydrogen-bond donors (Lipinski definition) is 1. The van der Waals surface area contributed by atoms with E-state index in [9.17, 15) is 9.59 Å². The Morgan fingerprint density at radius 2 is 2.09 bits per heavy atom. The quantitative estimate of drug-likeness (QED) is 0.906. The highest BCUT2D eigenvalue weighted by molar-refractivity contribution is 5.98. The van der Waals surface area contributed by atoms with E-state index in [0.717, 1.165) is 0 Å². The molecule has 1 N–H and O–H groups in total. The van der Waals surface area contributed by atoms with Gasteiger partial charge >= 0.3 is 5.97 Å². The molecule has 0 saturated carbocycles. The Morgan fingerprint density at radius 3 is 2.82 bits per heavy atom. The number of benzene rings is 1. The summed E-state index contributed by atoms with van der Waals surface area (Å²) < 4.78 is 6.76. The molecule has 0 unspecified atom stereocenters. The lowest BCUT2D eigenvalue weighted by molar-refractivity contribution is -0.154. The van der Waals surface area contributed by atoms with Gasteiger partial charge in [0, 0.05) is 18.9 Å². The van der Waals surface area contributed by atoms with Gasteiger partial charge in [-0.1, -0.05) is 12.1 Å². The highest BCUT2D eigenvalue weighted by Crippen LogP contribution is 2.17. The van der Waals surface area contributed by atoms with Gasteiger partial charge in [0.15, 0.2) is 6.10 Å². The number of carbonyl (C=O) groups excluding carboxylic acids is 1. The minimum atomic E-state index is -1.06. The van der Waals surface area contributed by atoms with E-state index in [1.54, 1.807) is 41.3 Å². The Bertz CT molecular complexity index is 684. The van der Waals surface area contributed by atoms with E-state index >= 15 is 0 Å². The van der Waals surface area contributed by atoms with Crippen molar-refractivity contribution in [3.05, 3.63) is 48.3 Å². The predicted molar refractivity (Wildman–Crippen MR) is 76.8 cm³/mol. The number of ether oxygens (including phenoxy) is 1. The van der Waals surface area contributed by atoms with Gasteiger partial charge in [-0.3, -0.25) is 4.79 Å². The number of carbonyl (C=O) groups is 2. The van der Waals surface area contributed by atoms with Crippen molar-refractivity contribution >= 4 is 11.9 Å². The number of aromatic nitrogens is 2. The zero-order chi connectivity index (χ0) is 15.5. The SMILES string of the molecule is O=C(O)[C@H]1CN(C(=O)c2ccccc2-n2cccn2)CCO1. The summed E-state index contributed by atoms with van der Waals surface area (Å²) in [6.07, 6.45) is 2.41. The van der Waals surface area contributed by atoms with Crippen LogP contribution in [-0.2, 0) is 9.53 Å². The third-order valence-corrected chi connectivity index (χ3v) is 3.51. The van der Waals surface area contributed by atoms with E-state index in [1.807, 2.05) is 6.07 Å². The lowest BCUT2D eigenvalue weighted by atomic mass is 10.1. The Hall–Kier alpha value is -2.67. The Kier molecular flexibility index (Phi) is 3.88. The first-order valence-electron chi connectivity index (χ1n) is 6.89. The van der Waals surface area contributed by atoms with Gasteiger partial charge in [0.1, 0.15) is 0 Å². The molecule has 1 aliphatic rings. The van der Waals surface area contributed by atoms with Crippen LogP contribution in [0.4, 0.5) is 0 Å². The van der Waals surface area contributed by atoms with Crippen LogP contribution in [-0.4, -0.2) is 57.5 Å². The predicted octanol–water partition coefficient (Wildman–Crippen LogP) is 0.798. The Balaban J connectivity index is 1.88. The number of rotatable bonds is 3. The summed E-state index contributed by atoms with van der Waals surface area (Å²) in [5.74, 6) is -1.28. The molecule has 0 radical (unpaired) electrons. The number of morpholine rings is 1. The van der Waals surface area contributed by atoms with Crippen molar-refractivity contribution in [3.8, 4) is 5.69 Å². The standard InChI is InChI=1S/C15H15N3O4/c19-14(17-8-9-22-13(10-17)15(20)21)11-4-1-2-5-12(11)18-7-3-6-16-18/h1-7,13H,8-10H2,(H,20,21)/t13-/m1/s1. The molecule has 114 valence electrons. The molecule has 7 heteroatoms. The topological polar surface area (TPSA) is 84.7 Å². The maximum absolute atomic E-state index is 12.7. The van der Waals surface area contributed by atoms with Crippen LogP contribution in [0.25, 0.3) is 5.69 Å². The summed E-state index contributed by atoms with van der Waals surface area (Å²) in [5, 5.41) is 13.2. The number of carboxylic acids is 1. The van der Waals surface area contributed by atoms with Gasteiger partial charge in [-0.15, -0.1) is 0 Å². The molecule has 1 aromatic carbocycles. The van der Waals surface area contributed by atoms with Crippen molar-refractivity contribution in [3.63, 3.8) is 0 Å². The first-order chi connectivity index (χ1) is 10.7. The molecule has 2 heterocycles. The van der Waals surface area contributed by atoms with Crippen molar-refractivity contribution < 1.29 is 19.4 Å². The van der Waals surface area contributed by atoms with E-state index in [0.29, 0.717) is 17.8 Å². The number of para-hydroxylation sites is 1. The molecule has 7 nitrogen and oxygen atoms in total. The summed E-state index contributed by atoms with van der Waals surface area (Å²) >= 11 is 0. The average molecular weight is 301 g/mol. The van der Waals surface area contributed by atoms with Gasteiger partial charge < -0.3 is 14.7 Å². The second-order valence-electron chi connectivity index (χ2n) is 4.92. The molecule has 1 saturated heterocycles. The molecule has 3 rings (SSSR count). The van der Waals surface area contributed by atoms with Crippen LogP contribution in [0.5, 0.6) is 0 Å². The van der Waals surface area contributed by atoms with E-state index < -0.39 is 12.1 Å². The van der Waals surface area contributed by atoms with Crippen molar-refractivity contribution in [2.45, 2.75) is 6.10 Å². The van der Waals surface area contributed by atoms with E-state index in [-0.39, 0.29) is 19.1 Å². The number of hydrogen-bond acceptors (Lipinski definition) is 4. The maximum Gasteiger partial charge on any atom is 0.334 e. The molecular formula is C15H15N3O4. The van der Waals surface area contributed by atoms with Crippen LogP contribution in [0.15, 0.2) is 42.7 Å². The van der Waals surface area contributed by atoms with Crippen LogP contribution >= 0.6 is 0 Å². The van der Waals surface area contributed by atoms with E-state index in [2.05, 4.69) is 5.10 Å². The third-order valence-electron chi connectivity index (χ3n) is 3.51. The minimum absolute atomic E-state index is 0.0433. The summed E-state index contributed by atoms with van der Waals surface area (Å²) in [4.78, 5) is 25.3. The number of aliphatic carboxylic acids is 1. The lowest BCUT2D eigenvalue weighted by Crippen LogP contribution is -2.48. The fraction of sp³-hybridized carbons (Fsp3) is 0.267. The van der Waals surface area contributed by atoms with Gasteiger partial charge in [0.25, 0.3) is 5.91 Å². The second-order valence-corrected chi connectivity index (χ2v) is 4.92. The van der Waals surface area contributed by atoms with Crippen molar-refractivity contribution in [1.29, 1.82) is 0 Å². The van der Waals surface area contributed by atoms with E-state index in [4.69, 9.17) is 9.84 Å². The third kappa shape index (κ3) is 2.71. The minimum Gasteiger partial charge on any atom is -0.479 e. The molecule has 2 aromatic rings. The number of amides is 1. The van der Waals surface area contributed by atoms with Gasteiger partial charge in [-0.05, 0) is 18.2 Å². The molecule has 22 heavy (non-hydrogen) atoms. The van der Waals surface area contributed by atoms with Crippen molar-refractivity contribution in [2.75, 3.05) is 19.7 Å². The van der Waals surface area contributed by atoms with Gasteiger partial charge in [0.05, 0.1) is 24.4 Å². The zero-order valence-electron chi connectivity index (χ0n) is 11.8. The lowest BCUT2D eigenvalue weighted by Gasteiger charge is -2.31. The molecule has 0 aliphatic carbocycles. The monoisotopic (exact) mass is 301 g/mol. The maximum atomic E-state index is 12.7. The summed E-state index contributed by atoms with van der Waals surface area (Å²) in [5.41, 5.74) is 1.15. The summed E-state index contributed by atoms with van der Waals surface area (Å²) in [7, 11) is 0. The normalized spacial score (nSPS) is 18.2.